The maximum absolute atomic E-state index is 12.1. The summed E-state index contributed by atoms with van der Waals surface area (Å²) >= 11 is 0. The van der Waals surface area contributed by atoms with Crippen LogP contribution in [0.2, 0.25) is 0 Å². The second-order valence-corrected chi connectivity index (χ2v) is 5.26. The van der Waals surface area contributed by atoms with Crippen LogP contribution in [-0.2, 0) is 4.74 Å². The summed E-state index contributed by atoms with van der Waals surface area (Å²) in [5, 5.41) is 5.43. The first-order valence-corrected chi connectivity index (χ1v) is 8.20. The van der Waals surface area contributed by atoms with Crippen molar-refractivity contribution in [2.24, 2.45) is 0 Å². The molecule has 0 bridgehead atoms. The third kappa shape index (κ3) is 5.84. The van der Waals surface area contributed by atoms with Crippen LogP contribution in [0.5, 0.6) is 5.75 Å². The summed E-state index contributed by atoms with van der Waals surface area (Å²) in [6.45, 7) is 4.69. The van der Waals surface area contributed by atoms with Gasteiger partial charge in [0.2, 0.25) is 0 Å². The average molecular weight is 342 g/mol. The summed E-state index contributed by atoms with van der Waals surface area (Å²) in [4.78, 5) is 23.9. The molecular weight excluding hydrogens is 320 g/mol. The number of benzene rings is 2. The third-order valence-corrected chi connectivity index (χ3v) is 3.20. The van der Waals surface area contributed by atoms with Crippen molar-refractivity contribution in [1.82, 2.24) is 0 Å². The molecule has 2 rings (SSSR count). The molecule has 2 N–H and O–H groups in total. The Bertz CT molecular complexity index is 731. The van der Waals surface area contributed by atoms with Crippen molar-refractivity contribution >= 4 is 23.4 Å². The first kappa shape index (κ1) is 18.3. The van der Waals surface area contributed by atoms with Crippen LogP contribution in [0.4, 0.5) is 16.2 Å². The topological polar surface area (TPSA) is 76.7 Å². The summed E-state index contributed by atoms with van der Waals surface area (Å²) < 4.78 is 10.5. The van der Waals surface area contributed by atoms with Crippen LogP contribution in [-0.4, -0.2) is 25.2 Å². The lowest BCUT2D eigenvalue weighted by molar-refractivity contribution is 0.0526. The summed E-state index contributed by atoms with van der Waals surface area (Å²) in [5.41, 5.74) is 1.50. The highest BCUT2D eigenvalue weighted by molar-refractivity contribution is 6.00. The maximum Gasteiger partial charge on any atom is 0.338 e. The van der Waals surface area contributed by atoms with Crippen LogP contribution in [0.1, 0.15) is 30.6 Å². The van der Waals surface area contributed by atoms with Crippen molar-refractivity contribution in [3.63, 3.8) is 0 Å². The fraction of sp³-hybridized carbons (Fsp3) is 0.263. The molecule has 2 amide bonds. The average Bonchev–Trinajstić information content (AvgIpc) is 2.60. The van der Waals surface area contributed by atoms with Gasteiger partial charge in [-0.05, 0) is 43.7 Å². The Morgan fingerprint density at radius 2 is 1.64 bits per heavy atom. The van der Waals surface area contributed by atoms with E-state index in [1.54, 1.807) is 43.3 Å². The van der Waals surface area contributed by atoms with Gasteiger partial charge in [-0.3, -0.25) is 0 Å². The monoisotopic (exact) mass is 342 g/mol. The molecule has 0 aliphatic heterocycles. The van der Waals surface area contributed by atoms with Gasteiger partial charge in [-0.15, -0.1) is 0 Å². The molecule has 2 aromatic rings. The number of esters is 1. The van der Waals surface area contributed by atoms with E-state index in [4.69, 9.17) is 9.47 Å². The highest BCUT2D eigenvalue weighted by Gasteiger charge is 2.09. The number of amides is 2. The highest BCUT2D eigenvalue weighted by atomic mass is 16.5. The number of nitrogens with one attached hydrogen (secondary N) is 2. The molecule has 0 fully saturated rings. The van der Waals surface area contributed by atoms with E-state index in [-0.39, 0.29) is 0 Å². The molecular formula is C19H22N2O4. The maximum atomic E-state index is 12.1. The molecule has 0 atom stereocenters. The zero-order chi connectivity index (χ0) is 18.1. The van der Waals surface area contributed by atoms with Gasteiger partial charge >= 0.3 is 12.0 Å². The number of carbonyl (C=O) groups excluding carboxylic acids is 2. The minimum Gasteiger partial charge on any atom is -0.494 e. The molecule has 25 heavy (non-hydrogen) atoms. The minimum atomic E-state index is -0.424. The van der Waals surface area contributed by atoms with Gasteiger partial charge in [-0.1, -0.05) is 19.1 Å². The van der Waals surface area contributed by atoms with Crippen LogP contribution in [0.15, 0.2) is 48.5 Å². The number of anilines is 2. The van der Waals surface area contributed by atoms with Gasteiger partial charge < -0.3 is 20.1 Å². The summed E-state index contributed by atoms with van der Waals surface area (Å²) in [7, 11) is 0. The van der Waals surface area contributed by atoms with E-state index in [0.717, 1.165) is 6.42 Å². The summed E-state index contributed by atoms with van der Waals surface area (Å²) in [6, 6.07) is 13.3. The van der Waals surface area contributed by atoms with Crippen LogP contribution in [0, 0.1) is 0 Å². The zero-order valence-electron chi connectivity index (χ0n) is 14.4. The number of urea groups is 1. The Morgan fingerprint density at radius 1 is 0.960 bits per heavy atom. The summed E-state index contributed by atoms with van der Waals surface area (Å²) in [6.07, 6.45) is 0.912. The van der Waals surface area contributed by atoms with E-state index in [1.807, 2.05) is 19.1 Å². The normalized spacial score (nSPS) is 10.0. The molecule has 0 aromatic heterocycles. The number of hydrogen-bond acceptors (Lipinski definition) is 4. The summed E-state index contributed by atoms with van der Waals surface area (Å²) in [5.74, 6) is 0.274. The van der Waals surface area contributed by atoms with Gasteiger partial charge in [0, 0.05) is 17.4 Å². The fourth-order valence-corrected chi connectivity index (χ4v) is 2.12. The van der Waals surface area contributed by atoms with Crippen molar-refractivity contribution in [2.45, 2.75) is 20.3 Å². The van der Waals surface area contributed by atoms with E-state index in [2.05, 4.69) is 10.6 Å². The lowest BCUT2D eigenvalue weighted by atomic mass is 10.2. The molecule has 0 unspecified atom stereocenters. The standard InChI is InChI=1S/C19H22N2O4/c1-3-11-25-17-10-6-9-16(13-17)21-19(23)20-15-8-5-7-14(12-15)18(22)24-4-2/h5-10,12-13H,3-4,11H2,1-2H3,(H2,20,21,23). The van der Waals surface area contributed by atoms with E-state index in [0.29, 0.717) is 35.9 Å². The van der Waals surface area contributed by atoms with Crippen LogP contribution in [0.25, 0.3) is 0 Å². The van der Waals surface area contributed by atoms with E-state index >= 15 is 0 Å². The van der Waals surface area contributed by atoms with E-state index in [9.17, 15) is 9.59 Å². The highest BCUT2D eigenvalue weighted by Crippen LogP contribution is 2.18. The molecule has 0 heterocycles. The van der Waals surface area contributed by atoms with Crippen molar-refractivity contribution in [2.75, 3.05) is 23.8 Å². The largest absolute Gasteiger partial charge is 0.494 e. The lowest BCUT2D eigenvalue weighted by Gasteiger charge is -2.10. The first-order chi connectivity index (χ1) is 12.1. The van der Waals surface area contributed by atoms with Crippen molar-refractivity contribution in [3.05, 3.63) is 54.1 Å². The molecule has 0 aliphatic carbocycles. The predicted octanol–water partition coefficient (Wildman–Crippen LogP) is 4.30. The molecule has 6 heteroatoms. The molecule has 6 nitrogen and oxygen atoms in total. The van der Waals surface area contributed by atoms with Crippen molar-refractivity contribution in [3.8, 4) is 5.75 Å². The molecule has 132 valence electrons. The van der Waals surface area contributed by atoms with Gasteiger partial charge in [-0.2, -0.15) is 0 Å². The number of ether oxygens (including phenoxy) is 2. The van der Waals surface area contributed by atoms with Gasteiger partial charge in [0.25, 0.3) is 0 Å². The van der Waals surface area contributed by atoms with Gasteiger partial charge in [0.15, 0.2) is 0 Å². The number of rotatable bonds is 7. The Balaban J connectivity index is 1.98. The Kier molecular flexibility index (Phi) is 6.83. The Labute approximate surface area is 147 Å². The van der Waals surface area contributed by atoms with Gasteiger partial charge in [0.1, 0.15) is 5.75 Å². The molecule has 0 spiro atoms. The van der Waals surface area contributed by atoms with Crippen LogP contribution < -0.4 is 15.4 Å². The van der Waals surface area contributed by atoms with Crippen LogP contribution >= 0.6 is 0 Å². The predicted molar refractivity (Wildman–Crippen MR) is 97.3 cm³/mol. The zero-order valence-corrected chi connectivity index (χ0v) is 14.4. The number of hydrogen-bond donors (Lipinski definition) is 2. The van der Waals surface area contributed by atoms with E-state index in [1.165, 1.54) is 0 Å². The van der Waals surface area contributed by atoms with Crippen molar-refractivity contribution in [1.29, 1.82) is 0 Å². The Morgan fingerprint density at radius 3 is 2.32 bits per heavy atom. The molecule has 0 saturated carbocycles. The molecule has 0 aliphatic rings. The molecule has 2 aromatic carbocycles. The number of carbonyl (C=O) groups is 2. The quantitative estimate of drug-likeness (QED) is 0.736. The Hall–Kier alpha value is -3.02. The third-order valence-electron chi connectivity index (χ3n) is 3.20. The smallest absolute Gasteiger partial charge is 0.338 e. The second-order valence-electron chi connectivity index (χ2n) is 5.26. The van der Waals surface area contributed by atoms with Gasteiger partial charge in [0.05, 0.1) is 18.8 Å². The second kappa shape index (κ2) is 9.32. The lowest BCUT2D eigenvalue weighted by Crippen LogP contribution is -2.19. The molecule has 0 radical (unpaired) electrons. The van der Waals surface area contributed by atoms with Gasteiger partial charge in [-0.25, -0.2) is 9.59 Å². The molecule has 0 saturated heterocycles. The SMILES string of the molecule is CCCOc1cccc(NC(=O)Nc2cccc(C(=O)OCC)c2)c1. The van der Waals surface area contributed by atoms with Crippen LogP contribution in [0.3, 0.4) is 0 Å². The fourth-order valence-electron chi connectivity index (χ4n) is 2.12. The van der Waals surface area contributed by atoms with E-state index < -0.39 is 12.0 Å². The van der Waals surface area contributed by atoms with Crippen molar-refractivity contribution < 1.29 is 19.1 Å². The minimum absolute atomic E-state index is 0.299. The first-order valence-electron chi connectivity index (χ1n) is 8.20.